The van der Waals surface area contributed by atoms with E-state index in [4.69, 9.17) is 9.47 Å². The lowest BCUT2D eigenvalue weighted by atomic mass is 9.85. The molecular formula is C22H25N3O3. The summed E-state index contributed by atoms with van der Waals surface area (Å²) in [4.78, 5) is 23.3. The summed E-state index contributed by atoms with van der Waals surface area (Å²) >= 11 is 0. The molecule has 3 heterocycles. The molecule has 0 aliphatic carbocycles. The number of pyridine rings is 1. The Morgan fingerprint density at radius 1 is 1.11 bits per heavy atom. The van der Waals surface area contributed by atoms with Crippen molar-refractivity contribution < 1.29 is 14.3 Å². The molecule has 1 aromatic heterocycles. The predicted octanol–water partition coefficient (Wildman–Crippen LogP) is 2.98. The summed E-state index contributed by atoms with van der Waals surface area (Å²) in [5.74, 6) is -0.175. The molecule has 0 N–H and O–H groups in total. The third kappa shape index (κ3) is 3.52. The molecule has 2 aromatic rings. The van der Waals surface area contributed by atoms with Crippen molar-refractivity contribution in [2.75, 3.05) is 20.2 Å². The highest BCUT2D eigenvalue weighted by Gasteiger charge is 2.40. The van der Waals surface area contributed by atoms with Gasteiger partial charge in [0.2, 0.25) is 0 Å². The van der Waals surface area contributed by atoms with Gasteiger partial charge in [-0.25, -0.2) is 0 Å². The minimum atomic E-state index is -0.416. The molecule has 28 heavy (non-hydrogen) atoms. The molecule has 2 aliphatic heterocycles. The number of carbonyl (C=O) groups excluding carboxylic acids is 1. The van der Waals surface area contributed by atoms with E-state index < -0.39 is 5.60 Å². The number of methoxy groups -OCH3 is 1. The second kappa shape index (κ2) is 7.72. The van der Waals surface area contributed by atoms with Crippen molar-refractivity contribution in [3.63, 3.8) is 0 Å². The van der Waals surface area contributed by atoms with E-state index in [1.54, 1.807) is 7.11 Å². The number of amidine groups is 1. The van der Waals surface area contributed by atoms with Gasteiger partial charge in [0, 0.05) is 26.4 Å². The number of fused-ring (bicyclic) bond motifs is 1. The van der Waals surface area contributed by atoms with E-state index >= 15 is 0 Å². The molecule has 146 valence electrons. The van der Waals surface area contributed by atoms with E-state index in [-0.39, 0.29) is 5.91 Å². The van der Waals surface area contributed by atoms with Crippen LogP contribution in [-0.4, -0.2) is 42.0 Å². The van der Waals surface area contributed by atoms with Gasteiger partial charge in [-0.3, -0.25) is 9.78 Å². The molecule has 2 aliphatic rings. The first-order chi connectivity index (χ1) is 13.6. The molecule has 1 aromatic carbocycles. The maximum Gasteiger partial charge on any atom is 0.295 e. The van der Waals surface area contributed by atoms with Gasteiger partial charge < -0.3 is 14.4 Å². The van der Waals surface area contributed by atoms with Gasteiger partial charge in [-0.1, -0.05) is 30.3 Å². The van der Waals surface area contributed by atoms with Crippen LogP contribution in [0, 0.1) is 6.92 Å². The Kier molecular flexibility index (Phi) is 5.13. The second-order valence-electron chi connectivity index (χ2n) is 7.38. The van der Waals surface area contributed by atoms with Gasteiger partial charge in [-0.05, 0) is 42.5 Å². The van der Waals surface area contributed by atoms with Gasteiger partial charge in [0.05, 0.1) is 12.1 Å². The highest BCUT2D eigenvalue weighted by atomic mass is 16.5. The Bertz CT molecular complexity index is 901. The number of likely N-dealkylation sites (tertiary alicyclic amines) is 1. The molecule has 4 rings (SSSR count). The number of ether oxygens (including phenoxy) is 2. The third-order valence-electron chi connectivity index (χ3n) is 5.71. The Hall–Kier alpha value is -2.73. The number of aryl methyl sites for hydroxylation is 1. The molecule has 1 fully saturated rings. The number of hydrogen-bond donors (Lipinski definition) is 0. The van der Waals surface area contributed by atoms with Gasteiger partial charge in [0.15, 0.2) is 0 Å². The van der Waals surface area contributed by atoms with Crippen molar-refractivity contribution in [1.29, 1.82) is 0 Å². The minimum Gasteiger partial charge on any atom is -0.460 e. The number of piperidine rings is 1. The van der Waals surface area contributed by atoms with Gasteiger partial charge in [0.25, 0.3) is 11.9 Å². The SMILES string of the molecule is COC1(c2ncccc2C)CCN(/C2=N/C(=O)Cc3ccccc3CO2)CC1. The first-order valence-electron chi connectivity index (χ1n) is 9.64. The highest BCUT2D eigenvalue weighted by Crippen LogP contribution is 2.36. The molecular weight excluding hydrogens is 354 g/mol. The van der Waals surface area contributed by atoms with E-state index in [0.717, 1.165) is 35.2 Å². The molecule has 0 spiro atoms. The summed E-state index contributed by atoms with van der Waals surface area (Å²) in [7, 11) is 1.74. The molecule has 0 radical (unpaired) electrons. The molecule has 1 saturated heterocycles. The lowest BCUT2D eigenvalue weighted by Crippen LogP contribution is -2.47. The maximum atomic E-state index is 12.4. The molecule has 0 saturated carbocycles. The number of amides is 1. The summed E-state index contributed by atoms with van der Waals surface area (Å²) in [5, 5.41) is 0. The number of carbonyl (C=O) groups is 1. The van der Waals surface area contributed by atoms with Crippen LogP contribution in [0.15, 0.2) is 47.6 Å². The van der Waals surface area contributed by atoms with Crippen LogP contribution >= 0.6 is 0 Å². The third-order valence-corrected chi connectivity index (χ3v) is 5.71. The first-order valence-corrected chi connectivity index (χ1v) is 9.64. The predicted molar refractivity (Wildman–Crippen MR) is 106 cm³/mol. The average Bonchev–Trinajstić information content (AvgIpc) is 2.71. The van der Waals surface area contributed by atoms with Crippen molar-refractivity contribution in [3.8, 4) is 0 Å². The molecule has 0 bridgehead atoms. The summed E-state index contributed by atoms with van der Waals surface area (Å²) in [6.45, 7) is 3.87. The number of aliphatic imine (C=N–C) groups is 1. The molecule has 0 unspecified atom stereocenters. The lowest BCUT2D eigenvalue weighted by Gasteiger charge is -2.41. The number of benzene rings is 1. The fourth-order valence-corrected chi connectivity index (χ4v) is 4.08. The van der Waals surface area contributed by atoms with Crippen LogP contribution in [0.3, 0.4) is 0 Å². The van der Waals surface area contributed by atoms with Crippen molar-refractivity contribution in [2.45, 2.75) is 38.4 Å². The number of hydrogen-bond acceptors (Lipinski definition) is 5. The zero-order valence-electron chi connectivity index (χ0n) is 16.4. The molecule has 1 amide bonds. The van der Waals surface area contributed by atoms with E-state index in [1.807, 2.05) is 41.4 Å². The van der Waals surface area contributed by atoms with Crippen LogP contribution in [0.1, 0.15) is 35.2 Å². The Balaban J connectivity index is 1.51. The summed E-state index contributed by atoms with van der Waals surface area (Å²) in [5.41, 5.74) is 3.72. The normalized spacial score (nSPS) is 21.0. The smallest absolute Gasteiger partial charge is 0.295 e. The largest absolute Gasteiger partial charge is 0.460 e. The minimum absolute atomic E-state index is 0.175. The molecule has 6 heteroatoms. The standard InChI is InChI=1S/C22H25N3O3/c1-16-6-5-11-23-20(16)22(27-2)9-12-25(13-10-22)21-24-19(26)14-17-7-3-4-8-18(17)15-28-21/h3-8,11H,9-10,12-15H2,1-2H3/b24-21-. The summed E-state index contributed by atoms with van der Waals surface area (Å²) in [6.07, 6.45) is 3.64. The Morgan fingerprint density at radius 3 is 2.57 bits per heavy atom. The number of nitrogens with zero attached hydrogens (tertiary/aromatic N) is 3. The van der Waals surface area contributed by atoms with Crippen molar-refractivity contribution in [1.82, 2.24) is 9.88 Å². The average molecular weight is 379 g/mol. The summed E-state index contributed by atoms with van der Waals surface area (Å²) in [6, 6.07) is 12.3. The van der Waals surface area contributed by atoms with Crippen LogP contribution < -0.4 is 0 Å². The summed E-state index contributed by atoms with van der Waals surface area (Å²) < 4.78 is 11.9. The van der Waals surface area contributed by atoms with Crippen molar-refractivity contribution in [3.05, 3.63) is 65.0 Å². The Labute approximate surface area is 165 Å². The van der Waals surface area contributed by atoms with E-state index in [2.05, 4.69) is 23.0 Å². The van der Waals surface area contributed by atoms with E-state index in [0.29, 0.717) is 32.1 Å². The van der Waals surface area contributed by atoms with Crippen LogP contribution in [0.25, 0.3) is 0 Å². The highest BCUT2D eigenvalue weighted by molar-refractivity contribution is 5.92. The van der Waals surface area contributed by atoms with Crippen LogP contribution in [-0.2, 0) is 32.9 Å². The fourth-order valence-electron chi connectivity index (χ4n) is 4.08. The molecule has 6 nitrogen and oxygen atoms in total. The second-order valence-corrected chi connectivity index (χ2v) is 7.38. The van der Waals surface area contributed by atoms with Gasteiger partial charge in [-0.2, -0.15) is 4.99 Å². The van der Waals surface area contributed by atoms with Gasteiger partial charge >= 0.3 is 0 Å². The lowest BCUT2D eigenvalue weighted by molar-refractivity contribution is -0.117. The number of aromatic nitrogens is 1. The first kappa shape index (κ1) is 18.6. The fraction of sp³-hybridized carbons (Fsp3) is 0.409. The quantitative estimate of drug-likeness (QED) is 0.803. The monoisotopic (exact) mass is 379 g/mol. The zero-order valence-corrected chi connectivity index (χ0v) is 16.4. The number of rotatable bonds is 2. The zero-order chi connectivity index (χ0) is 19.6. The van der Waals surface area contributed by atoms with Crippen LogP contribution in [0.5, 0.6) is 0 Å². The molecule has 0 atom stereocenters. The van der Waals surface area contributed by atoms with Crippen molar-refractivity contribution >= 4 is 11.9 Å². The van der Waals surface area contributed by atoms with Gasteiger partial charge in [0.1, 0.15) is 12.2 Å². The van der Waals surface area contributed by atoms with Crippen LogP contribution in [0.2, 0.25) is 0 Å². The van der Waals surface area contributed by atoms with Crippen molar-refractivity contribution in [2.24, 2.45) is 4.99 Å². The topological polar surface area (TPSA) is 64.0 Å². The van der Waals surface area contributed by atoms with E-state index in [1.165, 1.54) is 0 Å². The van der Waals surface area contributed by atoms with Crippen LogP contribution in [0.4, 0.5) is 0 Å². The Morgan fingerprint density at radius 2 is 1.86 bits per heavy atom. The van der Waals surface area contributed by atoms with E-state index in [9.17, 15) is 4.79 Å². The van der Waals surface area contributed by atoms with Gasteiger partial charge in [-0.15, -0.1) is 0 Å². The maximum absolute atomic E-state index is 12.4.